The predicted molar refractivity (Wildman–Crippen MR) is 121 cm³/mol. The lowest BCUT2D eigenvalue weighted by atomic mass is 10.1. The molecule has 2 aromatic heterocycles. The van der Waals surface area contributed by atoms with Crippen LogP contribution in [0.15, 0.2) is 70.6 Å². The van der Waals surface area contributed by atoms with Gasteiger partial charge in [-0.2, -0.15) is 4.98 Å². The van der Waals surface area contributed by atoms with Gasteiger partial charge < -0.3 is 19.9 Å². The fourth-order valence-corrected chi connectivity index (χ4v) is 3.72. The Morgan fingerprint density at radius 3 is 2.71 bits per heavy atom. The topological polar surface area (TPSA) is 89.3 Å². The number of hydrogen-bond acceptors (Lipinski definition) is 6. The van der Waals surface area contributed by atoms with Gasteiger partial charge in [-0.15, -0.1) is 11.3 Å². The Morgan fingerprint density at radius 1 is 1.10 bits per heavy atom. The van der Waals surface area contributed by atoms with E-state index in [0.717, 1.165) is 28.2 Å². The Labute approximate surface area is 184 Å². The molecule has 0 bridgehead atoms. The van der Waals surface area contributed by atoms with Gasteiger partial charge >= 0.3 is 6.03 Å². The average molecular weight is 435 g/mol. The molecule has 0 spiro atoms. The van der Waals surface area contributed by atoms with Crippen LogP contribution in [0.1, 0.15) is 17.0 Å². The minimum absolute atomic E-state index is 0.259. The molecule has 2 heterocycles. The number of carbonyl (C=O) groups excluding carboxylic acids is 1. The molecule has 2 amide bonds. The number of nitrogens with zero attached hydrogens (tertiary/aromatic N) is 2. The van der Waals surface area contributed by atoms with Crippen molar-refractivity contribution < 1.29 is 14.1 Å². The molecule has 0 aliphatic heterocycles. The summed E-state index contributed by atoms with van der Waals surface area (Å²) < 4.78 is 10.5. The first-order valence-electron chi connectivity index (χ1n) is 9.83. The summed E-state index contributed by atoms with van der Waals surface area (Å²) in [5, 5.41) is 11.8. The van der Waals surface area contributed by atoms with Crippen LogP contribution in [0.3, 0.4) is 0 Å². The molecule has 0 aliphatic rings. The van der Waals surface area contributed by atoms with Crippen LogP contribution in [0.5, 0.6) is 5.75 Å². The number of hydrogen-bond donors (Lipinski definition) is 2. The van der Waals surface area contributed by atoms with Gasteiger partial charge in [0.25, 0.3) is 0 Å². The molecule has 2 aromatic carbocycles. The largest absolute Gasteiger partial charge is 0.497 e. The van der Waals surface area contributed by atoms with Gasteiger partial charge in [0.05, 0.1) is 18.4 Å². The van der Waals surface area contributed by atoms with E-state index < -0.39 is 0 Å². The second-order valence-electron chi connectivity index (χ2n) is 6.80. The molecular formula is C23H22N4O3S. The van der Waals surface area contributed by atoms with E-state index in [1.165, 1.54) is 0 Å². The van der Waals surface area contributed by atoms with E-state index in [1.807, 2.05) is 66.0 Å². The van der Waals surface area contributed by atoms with Crippen molar-refractivity contribution in [3.63, 3.8) is 0 Å². The number of benzene rings is 2. The standard InChI is InChI=1S/C23H22N4O3S/c1-29-18-10-8-16(9-11-18)12-13-24-23(28)25-19-6-3-2-5-17(19)15-21-26-22(27-30-21)20-7-4-14-31-20/h2-11,14H,12-13,15H2,1H3,(H2,24,25,28). The molecule has 0 aliphatic carbocycles. The van der Waals surface area contributed by atoms with Crippen LogP contribution in [0.4, 0.5) is 10.5 Å². The molecule has 8 heteroatoms. The third-order valence-corrected chi connectivity index (χ3v) is 5.54. The quantitative estimate of drug-likeness (QED) is 0.417. The van der Waals surface area contributed by atoms with Crippen LogP contribution in [-0.4, -0.2) is 29.8 Å². The van der Waals surface area contributed by atoms with Crippen LogP contribution in [0, 0.1) is 0 Å². The van der Waals surface area contributed by atoms with Gasteiger partial charge in [-0.05, 0) is 47.2 Å². The number of thiophene rings is 1. The zero-order valence-corrected chi connectivity index (χ0v) is 17.8. The van der Waals surface area contributed by atoms with Gasteiger partial charge in [-0.3, -0.25) is 0 Å². The van der Waals surface area contributed by atoms with E-state index in [-0.39, 0.29) is 6.03 Å². The molecule has 0 radical (unpaired) electrons. The van der Waals surface area contributed by atoms with Crippen molar-refractivity contribution in [2.24, 2.45) is 0 Å². The van der Waals surface area contributed by atoms with Crippen molar-refractivity contribution in [1.82, 2.24) is 15.5 Å². The van der Waals surface area contributed by atoms with Crippen LogP contribution in [0.2, 0.25) is 0 Å². The number of rotatable bonds is 8. The monoisotopic (exact) mass is 434 g/mol. The Morgan fingerprint density at radius 2 is 1.94 bits per heavy atom. The minimum Gasteiger partial charge on any atom is -0.497 e. The first-order chi connectivity index (χ1) is 15.2. The maximum Gasteiger partial charge on any atom is 0.319 e. The Balaban J connectivity index is 1.33. The number of amides is 2. The summed E-state index contributed by atoms with van der Waals surface area (Å²) in [7, 11) is 1.64. The maximum atomic E-state index is 12.4. The Hall–Kier alpha value is -3.65. The molecule has 31 heavy (non-hydrogen) atoms. The third kappa shape index (κ3) is 5.49. The fraction of sp³-hybridized carbons (Fsp3) is 0.174. The molecule has 158 valence electrons. The number of nitrogens with one attached hydrogen (secondary N) is 2. The third-order valence-electron chi connectivity index (χ3n) is 4.68. The molecule has 0 fully saturated rings. The van der Waals surface area contributed by atoms with E-state index in [1.54, 1.807) is 18.4 Å². The molecule has 7 nitrogen and oxygen atoms in total. The van der Waals surface area contributed by atoms with Gasteiger partial charge in [-0.25, -0.2) is 4.79 Å². The van der Waals surface area contributed by atoms with Crippen molar-refractivity contribution in [2.45, 2.75) is 12.8 Å². The van der Waals surface area contributed by atoms with Gasteiger partial charge in [0.15, 0.2) is 0 Å². The second-order valence-corrected chi connectivity index (χ2v) is 7.75. The van der Waals surface area contributed by atoms with Gasteiger partial charge in [0, 0.05) is 12.2 Å². The highest BCUT2D eigenvalue weighted by atomic mass is 32.1. The Bertz CT molecular complexity index is 1120. The first-order valence-corrected chi connectivity index (χ1v) is 10.7. The second kappa shape index (κ2) is 9.90. The normalized spacial score (nSPS) is 10.6. The van der Waals surface area contributed by atoms with Crippen molar-refractivity contribution in [3.8, 4) is 16.5 Å². The Kier molecular flexibility index (Phi) is 6.59. The molecule has 0 saturated carbocycles. The number of methoxy groups -OCH3 is 1. The van der Waals surface area contributed by atoms with Gasteiger partial charge in [-0.1, -0.05) is 41.6 Å². The van der Waals surface area contributed by atoms with Crippen LogP contribution in [-0.2, 0) is 12.8 Å². The van der Waals surface area contributed by atoms with Crippen molar-refractivity contribution in [3.05, 3.63) is 83.1 Å². The fourth-order valence-electron chi connectivity index (χ4n) is 3.07. The minimum atomic E-state index is -0.259. The number of urea groups is 1. The summed E-state index contributed by atoms with van der Waals surface area (Å²) in [6.45, 7) is 0.522. The summed E-state index contributed by atoms with van der Waals surface area (Å²) in [5.41, 5.74) is 2.73. The zero-order chi connectivity index (χ0) is 21.5. The molecule has 0 unspecified atom stereocenters. The van der Waals surface area contributed by atoms with E-state index in [0.29, 0.717) is 30.4 Å². The molecule has 0 atom stereocenters. The van der Waals surface area contributed by atoms with Gasteiger partial charge in [0.1, 0.15) is 5.75 Å². The average Bonchev–Trinajstić information content (AvgIpc) is 3.48. The lowest BCUT2D eigenvalue weighted by Gasteiger charge is -2.11. The smallest absolute Gasteiger partial charge is 0.319 e. The number of carbonyl (C=O) groups is 1. The lowest BCUT2D eigenvalue weighted by molar-refractivity contribution is 0.252. The first kappa shape index (κ1) is 20.6. The van der Waals surface area contributed by atoms with Crippen molar-refractivity contribution >= 4 is 23.1 Å². The van der Waals surface area contributed by atoms with Crippen LogP contribution < -0.4 is 15.4 Å². The van der Waals surface area contributed by atoms with E-state index in [9.17, 15) is 4.79 Å². The number of aromatic nitrogens is 2. The lowest BCUT2D eigenvalue weighted by Crippen LogP contribution is -2.30. The van der Waals surface area contributed by atoms with Crippen molar-refractivity contribution in [2.75, 3.05) is 19.0 Å². The molecule has 2 N–H and O–H groups in total. The summed E-state index contributed by atoms with van der Waals surface area (Å²) in [4.78, 5) is 17.8. The van der Waals surface area contributed by atoms with Crippen molar-refractivity contribution in [1.29, 1.82) is 0 Å². The predicted octanol–water partition coefficient (Wildman–Crippen LogP) is 4.76. The van der Waals surface area contributed by atoms with E-state index in [2.05, 4.69) is 20.8 Å². The van der Waals surface area contributed by atoms with E-state index in [4.69, 9.17) is 9.26 Å². The molecule has 4 rings (SSSR count). The number of anilines is 1. The van der Waals surface area contributed by atoms with Gasteiger partial charge in [0.2, 0.25) is 11.7 Å². The molecule has 0 saturated heterocycles. The van der Waals surface area contributed by atoms with Crippen LogP contribution >= 0.6 is 11.3 Å². The van der Waals surface area contributed by atoms with Crippen LogP contribution in [0.25, 0.3) is 10.7 Å². The number of para-hydroxylation sites is 1. The SMILES string of the molecule is COc1ccc(CCNC(=O)Nc2ccccc2Cc2nc(-c3cccs3)no2)cc1. The summed E-state index contributed by atoms with van der Waals surface area (Å²) in [6.07, 6.45) is 1.16. The highest BCUT2D eigenvalue weighted by Gasteiger charge is 2.13. The zero-order valence-electron chi connectivity index (χ0n) is 17.0. The highest BCUT2D eigenvalue weighted by molar-refractivity contribution is 7.13. The molecular weight excluding hydrogens is 412 g/mol. The number of ether oxygens (including phenoxy) is 1. The molecule has 4 aromatic rings. The highest BCUT2D eigenvalue weighted by Crippen LogP contribution is 2.23. The van der Waals surface area contributed by atoms with E-state index >= 15 is 0 Å². The summed E-state index contributed by atoms with van der Waals surface area (Å²) >= 11 is 1.56. The maximum absolute atomic E-state index is 12.4. The summed E-state index contributed by atoms with van der Waals surface area (Å²) in [5.74, 6) is 1.89. The summed E-state index contributed by atoms with van der Waals surface area (Å²) in [6, 6.07) is 19.0.